The summed E-state index contributed by atoms with van der Waals surface area (Å²) < 4.78 is 6.87. The average Bonchev–Trinajstić information content (AvgIpc) is 2.80. The fourth-order valence-corrected chi connectivity index (χ4v) is 2.95. The van der Waals surface area contributed by atoms with E-state index in [1.807, 2.05) is 67.6 Å². The highest BCUT2D eigenvalue weighted by atomic mass is 79.9. The lowest BCUT2D eigenvalue weighted by Crippen LogP contribution is -2.32. The third-order valence-electron chi connectivity index (χ3n) is 4.42. The first-order chi connectivity index (χ1) is 15.0. The largest absolute Gasteiger partial charge is 0.488 e. The van der Waals surface area contributed by atoms with Gasteiger partial charge in [-0.05, 0) is 53.9 Å². The van der Waals surface area contributed by atoms with E-state index < -0.39 is 11.8 Å². The summed E-state index contributed by atoms with van der Waals surface area (Å²) in [6.45, 7) is 2.44. The fraction of sp³-hybridized carbons (Fsp3) is 0.125. The molecule has 0 spiro atoms. The number of hydrazone groups is 1. The van der Waals surface area contributed by atoms with Gasteiger partial charge in [0.1, 0.15) is 12.4 Å². The van der Waals surface area contributed by atoms with Gasteiger partial charge in [0.05, 0.1) is 6.21 Å². The average molecular weight is 480 g/mol. The molecule has 0 aromatic heterocycles. The number of para-hydroxylation sites is 1. The Labute approximate surface area is 189 Å². The summed E-state index contributed by atoms with van der Waals surface area (Å²) in [6, 6.07) is 22.5. The van der Waals surface area contributed by atoms with E-state index in [2.05, 4.69) is 31.8 Å². The number of anilines is 1. The summed E-state index contributed by atoms with van der Waals surface area (Å²) in [4.78, 5) is 24.0. The van der Waals surface area contributed by atoms with Gasteiger partial charge in [-0.2, -0.15) is 5.10 Å². The molecule has 0 saturated carbocycles. The second-order valence-corrected chi connectivity index (χ2v) is 7.57. The van der Waals surface area contributed by atoms with Gasteiger partial charge in [-0.15, -0.1) is 0 Å². The van der Waals surface area contributed by atoms with Crippen LogP contribution in [0.2, 0.25) is 0 Å². The van der Waals surface area contributed by atoms with Crippen molar-refractivity contribution in [3.8, 4) is 5.75 Å². The van der Waals surface area contributed by atoms with Crippen molar-refractivity contribution in [1.82, 2.24) is 5.43 Å². The molecule has 2 amide bonds. The van der Waals surface area contributed by atoms with Crippen molar-refractivity contribution in [3.05, 3.63) is 94.0 Å². The standard InChI is InChI=1S/C24H22BrN3O3/c1-2-17-9-13-21(14-10-17)27-23(29)24(30)28-26-15-19-5-3-4-6-22(19)31-16-18-7-11-20(25)12-8-18/h3-15H,2,16H2,1H3,(H,27,29)(H,28,30)/b26-15-. The molecule has 0 unspecified atom stereocenters. The molecule has 0 saturated heterocycles. The lowest BCUT2D eigenvalue weighted by atomic mass is 10.1. The molecular formula is C24H22BrN3O3. The molecule has 3 aromatic carbocycles. The molecule has 7 heteroatoms. The van der Waals surface area contributed by atoms with Gasteiger partial charge in [0.25, 0.3) is 0 Å². The Kier molecular flexibility index (Phi) is 7.95. The molecule has 0 fully saturated rings. The quantitative estimate of drug-likeness (QED) is 0.293. The van der Waals surface area contributed by atoms with Gasteiger partial charge in [0.2, 0.25) is 0 Å². The maximum atomic E-state index is 12.0. The Hall–Kier alpha value is -3.45. The van der Waals surface area contributed by atoms with Gasteiger partial charge in [-0.25, -0.2) is 5.43 Å². The predicted molar refractivity (Wildman–Crippen MR) is 125 cm³/mol. The minimum atomic E-state index is -0.857. The maximum Gasteiger partial charge on any atom is 0.329 e. The molecule has 158 valence electrons. The lowest BCUT2D eigenvalue weighted by molar-refractivity contribution is -0.136. The van der Waals surface area contributed by atoms with Crippen molar-refractivity contribution >= 4 is 39.6 Å². The Bertz CT molecular complexity index is 1060. The van der Waals surface area contributed by atoms with Crippen molar-refractivity contribution in [1.29, 1.82) is 0 Å². The van der Waals surface area contributed by atoms with Gasteiger partial charge in [-0.3, -0.25) is 9.59 Å². The van der Waals surface area contributed by atoms with E-state index in [-0.39, 0.29) is 0 Å². The highest BCUT2D eigenvalue weighted by molar-refractivity contribution is 9.10. The summed E-state index contributed by atoms with van der Waals surface area (Å²) in [7, 11) is 0. The number of nitrogens with one attached hydrogen (secondary N) is 2. The fourth-order valence-electron chi connectivity index (χ4n) is 2.68. The van der Waals surface area contributed by atoms with Crippen LogP contribution in [0.25, 0.3) is 0 Å². The highest BCUT2D eigenvalue weighted by Crippen LogP contribution is 2.18. The van der Waals surface area contributed by atoms with Crippen molar-refractivity contribution < 1.29 is 14.3 Å². The number of hydrogen-bond acceptors (Lipinski definition) is 4. The molecule has 0 radical (unpaired) electrons. The summed E-state index contributed by atoms with van der Waals surface area (Å²) in [5, 5.41) is 6.43. The number of amides is 2. The van der Waals surface area contributed by atoms with Crippen LogP contribution < -0.4 is 15.5 Å². The zero-order chi connectivity index (χ0) is 22.1. The van der Waals surface area contributed by atoms with Crippen molar-refractivity contribution in [2.45, 2.75) is 20.0 Å². The van der Waals surface area contributed by atoms with E-state index in [4.69, 9.17) is 4.74 Å². The maximum absolute atomic E-state index is 12.0. The molecule has 3 rings (SSSR count). The Balaban J connectivity index is 1.55. The molecule has 0 aliphatic carbocycles. The number of carbonyl (C=O) groups is 2. The minimum absolute atomic E-state index is 0.393. The Morgan fingerprint density at radius 1 is 0.935 bits per heavy atom. The first-order valence-corrected chi connectivity index (χ1v) is 10.5. The number of nitrogens with zero attached hydrogens (tertiary/aromatic N) is 1. The Morgan fingerprint density at radius 2 is 1.61 bits per heavy atom. The zero-order valence-corrected chi connectivity index (χ0v) is 18.6. The molecule has 0 atom stereocenters. The normalized spacial score (nSPS) is 10.6. The third-order valence-corrected chi connectivity index (χ3v) is 4.95. The number of hydrogen-bond donors (Lipinski definition) is 2. The van der Waals surface area contributed by atoms with Crippen LogP contribution in [0.3, 0.4) is 0 Å². The van der Waals surface area contributed by atoms with E-state index in [0.29, 0.717) is 23.6 Å². The van der Waals surface area contributed by atoms with E-state index in [1.54, 1.807) is 12.1 Å². The van der Waals surface area contributed by atoms with Crippen molar-refractivity contribution in [2.24, 2.45) is 5.10 Å². The first-order valence-electron chi connectivity index (χ1n) is 9.74. The molecule has 31 heavy (non-hydrogen) atoms. The molecule has 2 N–H and O–H groups in total. The van der Waals surface area contributed by atoms with Gasteiger partial charge in [-0.1, -0.05) is 59.3 Å². The van der Waals surface area contributed by atoms with Crippen LogP contribution in [0.5, 0.6) is 5.75 Å². The van der Waals surface area contributed by atoms with Crippen molar-refractivity contribution in [2.75, 3.05) is 5.32 Å². The van der Waals surface area contributed by atoms with Crippen LogP contribution in [0.1, 0.15) is 23.6 Å². The molecule has 0 aliphatic heterocycles. The number of carbonyl (C=O) groups excluding carboxylic acids is 2. The Morgan fingerprint density at radius 3 is 2.32 bits per heavy atom. The summed E-state index contributed by atoms with van der Waals surface area (Å²) >= 11 is 3.41. The number of ether oxygens (including phenoxy) is 1. The lowest BCUT2D eigenvalue weighted by Gasteiger charge is -2.09. The van der Waals surface area contributed by atoms with Gasteiger partial charge in [0.15, 0.2) is 0 Å². The van der Waals surface area contributed by atoms with E-state index in [1.165, 1.54) is 6.21 Å². The number of halogens is 1. The van der Waals surface area contributed by atoms with Crippen LogP contribution in [0.15, 0.2) is 82.4 Å². The molecule has 0 bridgehead atoms. The first kappa shape index (κ1) is 22.2. The van der Waals surface area contributed by atoms with Crippen molar-refractivity contribution in [3.63, 3.8) is 0 Å². The van der Waals surface area contributed by atoms with Gasteiger partial charge >= 0.3 is 11.8 Å². The summed E-state index contributed by atoms with van der Waals surface area (Å²) in [5.74, 6) is -1.03. The van der Waals surface area contributed by atoms with Crippen LogP contribution in [-0.4, -0.2) is 18.0 Å². The zero-order valence-electron chi connectivity index (χ0n) is 17.0. The van der Waals surface area contributed by atoms with E-state index >= 15 is 0 Å². The third kappa shape index (κ3) is 6.79. The molecular weight excluding hydrogens is 458 g/mol. The van der Waals surface area contributed by atoms with Gasteiger partial charge in [0, 0.05) is 15.7 Å². The van der Waals surface area contributed by atoms with E-state index in [0.717, 1.165) is 22.0 Å². The minimum Gasteiger partial charge on any atom is -0.488 e. The second kappa shape index (κ2) is 11.1. The molecule has 0 aliphatic rings. The van der Waals surface area contributed by atoms with Crippen LogP contribution in [0, 0.1) is 0 Å². The number of benzene rings is 3. The number of aryl methyl sites for hydroxylation is 1. The monoisotopic (exact) mass is 479 g/mol. The van der Waals surface area contributed by atoms with E-state index in [9.17, 15) is 9.59 Å². The smallest absolute Gasteiger partial charge is 0.329 e. The molecule has 0 heterocycles. The topological polar surface area (TPSA) is 79.8 Å². The summed E-state index contributed by atoms with van der Waals surface area (Å²) in [6.07, 6.45) is 2.34. The molecule has 3 aromatic rings. The molecule has 6 nitrogen and oxygen atoms in total. The summed E-state index contributed by atoms with van der Waals surface area (Å²) in [5.41, 5.74) is 5.63. The second-order valence-electron chi connectivity index (χ2n) is 6.66. The van der Waals surface area contributed by atoms with Crippen LogP contribution >= 0.6 is 15.9 Å². The predicted octanol–water partition coefficient (Wildman–Crippen LogP) is 4.68. The van der Waals surface area contributed by atoms with Crippen LogP contribution in [0.4, 0.5) is 5.69 Å². The highest BCUT2D eigenvalue weighted by Gasteiger charge is 2.13. The number of rotatable bonds is 7. The van der Waals surface area contributed by atoms with Crippen LogP contribution in [-0.2, 0) is 22.6 Å². The van der Waals surface area contributed by atoms with Gasteiger partial charge < -0.3 is 10.1 Å². The SMILES string of the molecule is CCc1ccc(NC(=O)C(=O)N/N=C\c2ccccc2OCc2ccc(Br)cc2)cc1.